The van der Waals surface area contributed by atoms with E-state index in [1.165, 1.54) is 24.7 Å². The van der Waals surface area contributed by atoms with Crippen LogP contribution in [0.3, 0.4) is 0 Å². The van der Waals surface area contributed by atoms with Crippen molar-refractivity contribution >= 4 is 39.0 Å². The molecule has 2 rings (SSSR count). The monoisotopic (exact) mass is 369 g/mol. The minimum absolute atomic E-state index is 0.172. The van der Waals surface area contributed by atoms with Crippen LogP contribution in [0.5, 0.6) is 0 Å². The van der Waals surface area contributed by atoms with Crippen LogP contribution in [-0.2, 0) is 0 Å². The Kier molecular flexibility index (Phi) is 5.73. The molecule has 0 fully saturated rings. The zero-order chi connectivity index (χ0) is 14.7. The normalized spacial score (nSPS) is 14.2. The van der Waals surface area contributed by atoms with Crippen molar-refractivity contribution < 1.29 is 0 Å². The van der Waals surface area contributed by atoms with Gasteiger partial charge < -0.3 is 5.73 Å². The number of hydrogen-bond acceptors (Lipinski definition) is 3. The molecule has 20 heavy (non-hydrogen) atoms. The van der Waals surface area contributed by atoms with Gasteiger partial charge in [0.2, 0.25) is 0 Å². The van der Waals surface area contributed by atoms with Gasteiger partial charge in [0.1, 0.15) is 0 Å². The van der Waals surface area contributed by atoms with E-state index in [1.54, 1.807) is 11.3 Å². The SMILES string of the molecule is CCC(N)C(Sc1cc(C)ccc1C)c1ccc(Br)s1. The van der Waals surface area contributed by atoms with E-state index in [-0.39, 0.29) is 6.04 Å². The Labute approximate surface area is 138 Å². The lowest BCUT2D eigenvalue weighted by molar-refractivity contribution is 0.640. The van der Waals surface area contributed by atoms with Gasteiger partial charge >= 0.3 is 0 Å². The molecule has 0 aliphatic heterocycles. The Bertz CT molecular complexity index is 580. The highest BCUT2D eigenvalue weighted by atomic mass is 79.9. The number of aryl methyl sites for hydroxylation is 2. The number of benzene rings is 1. The maximum absolute atomic E-state index is 6.36. The van der Waals surface area contributed by atoms with Gasteiger partial charge in [0.25, 0.3) is 0 Å². The van der Waals surface area contributed by atoms with E-state index in [1.807, 2.05) is 11.8 Å². The molecule has 108 valence electrons. The first kappa shape index (κ1) is 16.1. The zero-order valence-corrected chi connectivity index (χ0v) is 15.2. The fourth-order valence-corrected chi connectivity index (χ4v) is 5.14. The van der Waals surface area contributed by atoms with Crippen molar-refractivity contribution in [1.82, 2.24) is 0 Å². The van der Waals surface area contributed by atoms with E-state index in [9.17, 15) is 0 Å². The summed E-state index contributed by atoms with van der Waals surface area (Å²) in [4.78, 5) is 2.68. The van der Waals surface area contributed by atoms with Gasteiger partial charge in [-0.3, -0.25) is 0 Å². The average molecular weight is 370 g/mol. The summed E-state index contributed by atoms with van der Waals surface area (Å²) in [5, 5.41) is 0.316. The average Bonchev–Trinajstić information content (AvgIpc) is 2.85. The fraction of sp³-hybridized carbons (Fsp3) is 0.375. The van der Waals surface area contributed by atoms with E-state index in [4.69, 9.17) is 5.73 Å². The van der Waals surface area contributed by atoms with Crippen molar-refractivity contribution in [3.63, 3.8) is 0 Å². The molecule has 0 aliphatic rings. The predicted octanol–water partition coefficient (Wildman–Crippen LogP) is 5.70. The van der Waals surface area contributed by atoms with Crippen LogP contribution in [-0.4, -0.2) is 6.04 Å². The molecular formula is C16H20BrNS2. The lowest BCUT2D eigenvalue weighted by atomic mass is 10.1. The molecule has 0 saturated carbocycles. The van der Waals surface area contributed by atoms with E-state index in [0.29, 0.717) is 5.25 Å². The molecule has 2 unspecified atom stereocenters. The summed E-state index contributed by atoms with van der Waals surface area (Å²) in [6.07, 6.45) is 0.984. The van der Waals surface area contributed by atoms with Crippen LogP contribution in [0.25, 0.3) is 0 Å². The number of rotatable bonds is 5. The molecule has 1 nitrogen and oxygen atoms in total. The number of halogens is 1. The lowest BCUT2D eigenvalue weighted by Crippen LogP contribution is -2.25. The van der Waals surface area contributed by atoms with Gasteiger partial charge in [-0.25, -0.2) is 0 Å². The second-order valence-electron chi connectivity index (χ2n) is 5.02. The third-order valence-electron chi connectivity index (χ3n) is 3.33. The Morgan fingerprint density at radius 2 is 2.00 bits per heavy atom. The lowest BCUT2D eigenvalue weighted by Gasteiger charge is -2.22. The second-order valence-corrected chi connectivity index (χ2v) is 8.70. The van der Waals surface area contributed by atoms with E-state index < -0.39 is 0 Å². The molecule has 2 atom stereocenters. The first-order valence-electron chi connectivity index (χ1n) is 6.76. The van der Waals surface area contributed by atoms with E-state index in [0.717, 1.165) is 6.42 Å². The van der Waals surface area contributed by atoms with Crippen molar-refractivity contribution in [1.29, 1.82) is 0 Å². The summed E-state index contributed by atoms with van der Waals surface area (Å²) in [5.74, 6) is 0. The number of nitrogens with two attached hydrogens (primary N) is 1. The van der Waals surface area contributed by atoms with Crippen LogP contribution in [0, 0.1) is 13.8 Å². The van der Waals surface area contributed by atoms with Crippen LogP contribution < -0.4 is 5.73 Å². The largest absolute Gasteiger partial charge is 0.326 e. The van der Waals surface area contributed by atoms with Gasteiger partial charge in [0, 0.05) is 15.8 Å². The van der Waals surface area contributed by atoms with Crippen LogP contribution >= 0.6 is 39.0 Å². The van der Waals surface area contributed by atoms with Crippen LogP contribution in [0.15, 0.2) is 39.0 Å². The molecule has 0 saturated heterocycles. The minimum Gasteiger partial charge on any atom is -0.326 e. The molecule has 0 radical (unpaired) electrons. The summed E-state index contributed by atoms with van der Waals surface area (Å²) in [5.41, 5.74) is 8.99. The molecule has 0 aliphatic carbocycles. The summed E-state index contributed by atoms with van der Waals surface area (Å²) in [7, 11) is 0. The maximum Gasteiger partial charge on any atom is 0.0701 e. The first-order valence-corrected chi connectivity index (χ1v) is 9.25. The molecule has 0 spiro atoms. The molecule has 0 bridgehead atoms. The van der Waals surface area contributed by atoms with Gasteiger partial charge in [-0.05, 0) is 60.0 Å². The van der Waals surface area contributed by atoms with Gasteiger partial charge in [0.05, 0.1) is 9.04 Å². The second kappa shape index (κ2) is 7.12. The molecular weight excluding hydrogens is 350 g/mol. The number of hydrogen-bond donors (Lipinski definition) is 1. The standard InChI is InChI=1S/C16H20BrNS2/c1-4-12(18)16(13-7-8-15(17)19-13)20-14-9-10(2)5-6-11(14)3/h5-9,12,16H,4,18H2,1-3H3. The topological polar surface area (TPSA) is 26.0 Å². The smallest absolute Gasteiger partial charge is 0.0701 e. The third-order valence-corrected chi connectivity index (χ3v) is 6.74. The maximum atomic E-state index is 6.36. The van der Waals surface area contributed by atoms with Gasteiger partial charge in [-0.2, -0.15) is 0 Å². The summed E-state index contributed by atoms with van der Waals surface area (Å²) in [6.45, 7) is 6.46. The van der Waals surface area contributed by atoms with Crippen molar-refractivity contribution in [2.45, 2.75) is 43.4 Å². The molecule has 4 heteroatoms. The molecule has 2 aromatic rings. The molecule has 1 heterocycles. The van der Waals surface area contributed by atoms with Gasteiger partial charge in [0.15, 0.2) is 0 Å². The summed E-state index contributed by atoms with van der Waals surface area (Å²) < 4.78 is 1.17. The molecule has 1 aromatic carbocycles. The van der Waals surface area contributed by atoms with E-state index >= 15 is 0 Å². The molecule has 2 N–H and O–H groups in total. The number of thiophene rings is 1. The quantitative estimate of drug-likeness (QED) is 0.684. The number of thioether (sulfide) groups is 1. The van der Waals surface area contributed by atoms with Crippen molar-refractivity contribution in [3.8, 4) is 0 Å². The zero-order valence-electron chi connectivity index (χ0n) is 12.0. The van der Waals surface area contributed by atoms with Crippen molar-refractivity contribution in [2.75, 3.05) is 0 Å². The Morgan fingerprint density at radius 3 is 2.60 bits per heavy atom. The van der Waals surface area contributed by atoms with Crippen LogP contribution in [0.4, 0.5) is 0 Å². The Hall–Kier alpha value is -0.290. The highest BCUT2D eigenvalue weighted by molar-refractivity contribution is 9.11. The Balaban J connectivity index is 2.30. The van der Waals surface area contributed by atoms with Crippen molar-refractivity contribution in [3.05, 3.63) is 50.1 Å². The molecule has 0 amide bonds. The summed E-state index contributed by atoms with van der Waals surface area (Å²) >= 11 is 7.23. The summed E-state index contributed by atoms with van der Waals surface area (Å²) in [6, 6.07) is 11.1. The van der Waals surface area contributed by atoms with E-state index in [2.05, 4.69) is 67.0 Å². The highest BCUT2D eigenvalue weighted by Crippen LogP contribution is 2.43. The predicted molar refractivity (Wildman–Crippen MR) is 94.8 cm³/mol. The minimum atomic E-state index is 0.172. The first-order chi connectivity index (χ1) is 9.51. The van der Waals surface area contributed by atoms with Crippen LogP contribution in [0.2, 0.25) is 0 Å². The van der Waals surface area contributed by atoms with Crippen LogP contribution in [0.1, 0.15) is 34.6 Å². The van der Waals surface area contributed by atoms with Gasteiger partial charge in [-0.15, -0.1) is 23.1 Å². The van der Waals surface area contributed by atoms with Crippen molar-refractivity contribution in [2.24, 2.45) is 5.73 Å². The highest BCUT2D eigenvalue weighted by Gasteiger charge is 2.22. The Morgan fingerprint density at radius 1 is 1.25 bits per heavy atom. The fourth-order valence-electron chi connectivity index (χ4n) is 2.02. The third kappa shape index (κ3) is 3.88. The van der Waals surface area contributed by atoms with Gasteiger partial charge in [-0.1, -0.05) is 24.6 Å². The molecule has 1 aromatic heterocycles.